The number of nitrogens with one attached hydrogen (secondary N) is 2. The van der Waals surface area contributed by atoms with Gasteiger partial charge in [0.25, 0.3) is 0 Å². The lowest BCUT2D eigenvalue weighted by Gasteiger charge is -2.11. The van der Waals surface area contributed by atoms with Crippen LogP contribution >= 0.6 is 12.2 Å². The van der Waals surface area contributed by atoms with Gasteiger partial charge < -0.3 is 15.4 Å². The Kier molecular flexibility index (Phi) is 5.17. The molecule has 2 N–H and O–H groups in total. The van der Waals surface area contributed by atoms with Gasteiger partial charge in [0.1, 0.15) is 5.82 Å². The van der Waals surface area contributed by atoms with Crippen molar-refractivity contribution in [2.45, 2.75) is 0 Å². The third-order valence-electron chi connectivity index (χ3n) is 1.85. The van der Waals surface area contributed by atoms with Crippen molar-refractivity contribution in [3.05, 3.63) is 29.6 Å². The second kappa shape index (κ2) is 6.41. The maximum absolute atomic E-state index is 13.2. The molecule has 7 heteroatoms. The monoisotopic (exact) mass is 264 g/mol. The van der Waals surface area contributed by atoms with Gasteiger partial charge in [0, 0.05) is 25.8 Å². The van der Waals surface area contributed by atoms with Crippen molar-refractivity contribution in [3.63, 3.8) is 0 Å². The Morgan fingerprint density at radius 1 is 1.24 bits per heavy atom. The third-order valence-corrected chi connectivity index (χ3v) is 2.10. The number of rotatable bonds is 4. The Balaban J connectivity index is 2.62. The van der Waals surface area contributed by atoms with Gasteiger partial charge in [-0.05, 0) is 12.2 Å². The van der Waals surface area contributed by atoms with Crippen LogP contribution < -0.4 is 10.6 Å². The second-order valence-corrected chi connectivity index (χ2v) is 3.53. The predicted molar refractivity (Wildman–Crippen MR) is 62.4 cm³/mol. The molecular weight excluding hydrogens is 253 g/mol. The summed E-state index contributed by atoms with van der Waals surface area (Å²) in [6.45, 7) is 0.843. The Bertz CT molecular complexity index is 415. The minimum Gasteiger partial charge on any atom is -0.383 e. The second-order valence-electron chi connectivity index (χ2n) is 3.12. The van der Waals surface area contributed by atoms with Crippen molar-refractivity contribution >= 4 is 23.0 Å². The Hall–Kier alpha value is -1.34. The Morgan fingerprint density at radius 2 is 1.88 bits per heavy atom. The molecule has 0 fully saturated rings. The van der Waals surface area contributed by atoms with E-state index in [4.69, 9.17) is 17.0 Å². The van der Waals surface area contributed by atoms with Crippen LogP contribution in [0.2, 0.25) is 0 Å². The summed E-state index contributed by atoms with van der Waals surface area (Å²) in [6.07, 6.45) is 0. The van der Waals surface area contributed by atoms with Gasteiger partial charge in [-0.3, -0.25) is 0 Å². The van der Waals surface area contributed by atoms with E-state index < -0.39 is 17.5 Å². The summed E-state index contributed by atoms with van der Waals surface area (Å²) in [5.74, 6) is -3.31. The molecule has 94 valence electrons. The van der Waals surface area contributed by atoms with Crippen LogP contribution in [0.15, 0.2) is 12.1 Å². The first kappa shape index (κ1) is 13.7. The molecule has 3 nitrogen and oxygen atoms in total. The van der Waals surface area contributed by atoms with Crippen LogP contribution in [0.25, 0.3) is 0 Å². The van der Waals surface area contributed by atoms with Gasteiger partial charge in [-0.15, -0.1) is 0 Å². The van der Waals surface area contributed by atoms with Crippen LogP contribution in [0.1, 0.15) is 0 Å². The SMILES string of the molecule is COCCNC(=S)Nc1cc(F)c(F)cc1F. The van der Waals surface area contributed by atoms with Gasteiger partial charge in [-0.25, -0.2) is 13.2 Å². The number of anilines is 1. The van der Waals surface area contributed by atoms with E-state index in [1.807, 2.05) is 0 Å². The van der Waals surface area contributed by atoms with Crippen LogP contribution in [-0.2, 0) is 4.74 Å². The van der Waals surface area contributed by atoms with E-state index in [9.17, 15) is 13.2 Å². The molecule has 0 amide bonds. The summed E-state index contributed by atoms with van der Waals surface area (Å²) < 4.78 is 43.5. The van der Waals surface area contributed by atoms with E-state index in [-0.39, 0.29) is 10.8 Å². The minimum absolute atomic E-state index is 0.104. The molecule has 1 aromatic carbocycles. The van der Waals surface area contributed by atoms with E-state index in [2.05, 4.69) is 10.6 Å². The van der Waals surface area contributed by atoms with Crippen LogP contribution in [-0.4, -0.2) is 25.4 Å². The van der Waals surface area contributed by atoms with Crippen molar-refractivity contribution in [2.75, 3.05) is 25.6 Å². The number of methoxy groups -OCH3 is 1. The van der Waals surface area contributed by atoms with Gasteiger partial charge >= 0.3 is 0 Å². The molecule has 0 saturated carbocycles. The topological polar surface area (TPSA) is 33.3 Å². The molecule has 0 spiro atoms. The number of benzene rings is 1. The van der Waals surface area contributed by atoms with Crippen LogP contribution in [0.4, 0.5) is 18.9 Å². The normalized spacial score (nSPS) is 10.1. The van der Waals surface area contributed by atoms with Crippen molar-refractivity contribution in [2.24, 2.45) is 0 Å². The summed E-state index contributed by atoms with van der Waals surface area (Å²) in [5.41, 5.74) is -0.223. The molecule has 0 bridgehead atoms. The van der Waals surface area contributed by atoms with E-state index in [1.165, 1.54) is 7.11 Å². The molecule has 0 unspecified atom stereocenters. The molecule has 1 aromatic rings. The highest BCUT2D eigenvalue weighted by atomic mass is 32.1. The number of hydrogen-bond donors (Lipinski definition) is 2. The fourth-order valence-corrected chi connectivity index (χ4v) is 1.26. The van der Waals surface area contributed by atoms with E-state index in [0.717, 1.165) is 0 Å². The van der Waals surface area contributed by atoms with E-state index in [1.54, 1.807) is 0 Å². The molecule has 17 heavy (non-hydrogen) atoms. The highest BCUT2D eigenvalue weighted by Gasteiger charge is 2.10. The molecular formula is C10H11F3N2OS. The standard InChI is InChI=1S/C10H11F3N2OS/c1-16-3-2-14-10(17)15-9-5-7(12)6(11)4-8(9)13/h4-5H,2-3H2,1H3,(H2,14,15,17). The average molecular weight is 264 g/mol. The van der Waals surface area contributed by atoms with Gasteiger partial charge in [0.2, 0.25) is 0 Å². The largest absolute Gasteiger partial charge is 0.383 e. The highest BCUT2D eigenvalue weighted by molar-refractivity contribution is 7.80. The fraction of sp³-hybridized carbons (Fsp3) is 0.300. The maximum atomic E-state index is 13.2. The lowest BCUT2D eigenvalue weighted by molar-refractivity contribution is 0.204. The third kappa shape index (κ3) is 4.20. The van der Waals surface area contributed by atoms with Gasteiger partial charge in [0.15, 0.2) is 16.7 Å². The molecule has 0 aliphatic carbocycles. The molecule has 0 radical (unpaired) electrons. The fourth-order valence-electron chi connectivity index (χ4n) is 1.05. The Labute approximate surface area is 102 Å². The zero-order valence-corrected chi connectivity index (χ0v) is 9.84. The molecule has 0 aromatic heterocycles. The molecule has 0 saturated heterocycles. The van der Waals surface area contributed by atoms with Gasteiger partial charge in [-0.2, -0.15) is 0 Å². The summed E-state index contributed by atoms with van der Waals surface area (Å²) in [6, 6.07) is 1.16. The first-order chi connectivity index (χ1) is 8.04. The highest BCUT2D eigenvalue weighted by Crippen LogP contribution is 2.18. The number of thiocarbonyl (C=S) groups is 1. The number of hydrogen-bond acceptors (Lipinski definition) is 2. The molecule has 1 rings (SSSR count). The summed E-state index contributed by atoms with van der Waals surface area (Å²) in [7, 11) is 1.52. The first-order valence-corrected chi connectivity index (χ1v) is 5.13. The lowest BCUT2D eigenvalue weighted by Crippen LogP contribution is -2.31. The van der Waals surface area contributed by atoms with Crippen molar-refractivity contribution in [1.29, 1.82) is 0 Å². The van der Waals surface area contributed by atoms with Gasteiger partial charge in [-0.1, -0.05) is 0 Å². The zero-order chi connectivity index (χ0) is 12.8. The summed E-state index contributed by atoms with van der Waals surface area (Å²) in [5, 5.41) is 5.23. The van der Waals surface area contributed by atoms with Crippen molar-refractivity contribution in [1.82, 2.24) is 5.32 Å². The lowest BCUT2D eigenvalue weighted by atomic mass is 10.3. The van der Waals surface area contributed by atoms with Gasteiger partial charge in [0.05, 0.1) is 12.3 Å². The molecule has 0 atom stereocenters. The zero-order valence-electron chi connectivity index (χ0n) is 9.02. The summed E-state index contributed by atoms with van der Waals surface area (Å²) in [4.78, 5) is 0. The quantitative estimate of drug-likeness (QED) is 0.495. The molecule has 0 aliphatic rings. The predicted octanol–water partition coefficient (Wildman–Crippen LogP) is 2.04. The van der Waals surface area contributed by atoms with E-state index >= 15 is 0 Å². The maximum Gasteiger partial charge on any atom is 0.170 e. The van der Waals surface area contributed by atoms with Crippen molar-refractivity contribution in [3.8, 4) is 0 Å². The molecule has 0 aliphatic heterocycles. The number of ether oxygens (including phenoxy) is 1. The summed E-state index contributed by atoms with van der Waals surface area (Å²) >= 11 is 4.82. The smallest absolute Gasteiger partial charge is 0.170 e. The average Bonchev–Trinajstić information content (AvgIpc) is 2.26. The molecule has 0 heterocycles. The minimum atomic E-state index is -1.24. The number of halogens is 3. The van der Waals surface area contributed by atoms with Crippen LogP contribution in [0.5, 0.6) is 0 Å². The van der Waals surface area contributed by atoms with E-state index in [0.29, 0.717) is 25.3 Å². The first-order valence-electron chi connectivity index (χ1n) is 4.73. The van der Waals surface area contributed by atoms with Crippen molar-refractivity contribution < 1.29 is 17.9 Å². The van der Waals surface area contributed by atoms with Crippen LogP contribution in [0, 0.1) is 17.5 Å². The Morgan fingerprint density at radius 3 is 2.53 bits per heavy atom. The van der Waals surface area contributed by atoms with Crippen LogP contribution in [0.3, 0.4) is 0 Å².